The minimum absolute atomic E-state index is 0.0456. The molecule has 0 fully saturated rings. The highest BCUT2D eigenvalue weighted by molar-refractivity contribution is 5.83. The fraction of sp³-hybridized carbons (Fsp3) is 0.261. The number of carbonyl (C=O) groups excluding carboxylic acids is 1. The van der Waals surface area contributed by atoms with Crippen molar-refractivity contribution in [1.82, 2.24) is 5.32 Å². The molecule has 0 bridgehead atoms. The van der Waals surface area contributed by atoms with E-state index in [1.165, 1.54) is 16.3 Å². The molecule has 27 heavy (non-hydrogen) atoms. The van der Waals surface area contributed by atoms with E-state index in [0.29, 0.717) is 19.6 Å². The second-order valence-corrected chi connectivity index (χ2v) is 6.91. The third kappa shape index (κ3) is 3.90. The van der Waals surface area contributed by atoms with Gasteiger partial charge >= 0.3 is 0 Å². The molecule has 4 heteroatoms. The molecule has 1 N–H and O–H groups in total. The standard InChI is InChI=1S/C23H23NO3/c1-26-21-8-9-22-19(14-21)13-20(15-27-22)23(25)24-11-10-16-6-7-17-4-2-3-5-18(17)12-16/h2-9,12,14,20H,10-11,13,15H2,1H3,(H,24,25). The van der Waals surface area contributed by atoms with Crippen molar-refractivity contribution >= 4 is 16.7 Å². The smallest absolute Gasteiger partial charge is 0.226 e. The Morgan fingerprint density at radius 3 is 2.81 bits per heavy atom. The Bertz CT molecular complexity index is 967. The molecule has 1 aliphatic heterocycles. The molecular weight excluding hydrogens is 338 g/mol. The zero-order valence-corrected chi connectivity index (χ0v) is 15.4. The molecule has 3 aromatic rings. The molecule has 4 rings (SSSR count). The number of methoxy groups -OCH3 is 1. The zero-order chi connectivity index (χ0) is 18.6. The Morgan fingerprint density at radius 2 is 1.96 bits per heavy atom. The maximum absolute atomic E-state index is 12.5. The van der Waals surface area contributed by atoms with E-state index in [0.717, 1.165) is 23.5 Å². The molecule has 0 aliphatic carbocycles. The van der Waals surface area contributed by atoms with Gasteiger partial charge in [-0.25, -0.2) is 0 Å². The summed E-state index contributed by atoms with van der Waals surface area (Å²) in [7, 11) is 1.64. The van der Waals surface area contributed by atoms with Gasteiger partial charge in [0.15, 0.2) is 0 Å². The molecule has 1 aliphatic rings. The van der Waals surface area contributed by atoms with Gasteiger partial charge in [0, 0.05) is 6.54 Å². The van der Waals surface area contributed by atoms with E-state index in [2.05, 4.69) is 35.6 Å². The lowest BCUT2D eigenvalue weighted by Gasteiger charge is -2.25. The minimum atomic E-state index is -0.166. The Morgan fingerprint density at radius 1 is 1.11 bits per heavy atom. The second kappa shape index (κ2) is 7.70. The minimum Gasteiger partial charge on any atom is -0.497 e. The lowest BCUT2D eigenvalue weighted by atomic mass is 9.95. The highest BCUT2D eigenvalue weighted by Crippen LogP contribution is 2.30. The average molecular weight is 361 g/mol. The number of hydrogen-bond acceptors (Lipinski definition) is 3. The van der Waals surface area contributed by atoms with Gasteiger partial charge in [0.2, 0.25) is 5.91 Å². The number of benzene rings is 3. The van der Waals surface area contributed by atoms with Crippen LogP contribution in [0, 0.1) is 5.92 Å². The van der Waals surface area contributed by atoms with Gasteiger partial charge in [-0.1, -0.05) is 42.5 Å². The van der Waals surface area contributed by atoms with Crippen molar-refractivity contribution in [1.29, 1.82) is 0 Å². The monoisotopic (exact) mass is 361 g/mol. The van der Waals surface area contributed by atoms with Crippen LogP contribution in [0.2, 0.25) is 0 Å². The number of hydrogen-bond donors (Lipinski definition) is 1. The molecule has 4 nitrogen and oxygen atoms in total. The molecule has 138 valence electrons. The van der Waals surface area contributed by atoms with Gasteiger partial charge in [0.1, 0.15) is 18.1 Å². The van der Waals surface area contributed by atoms with Gasteiger partial charge in [-0.2, -0.15) is 0 Å². The Balaban J connectivity index is 1.33. The Kier molecular flexibility index (Phi) is 4.97. The summed E-state index contributed by atoms with van der Waals surface area (Å²) in [6.07, 6.45) is 1.49. The van der Waals surface area contributed by atoms with Crippen LogP contribution in [0.3, 0.4) is 0 Å². The molecule has 0 radical (unpaired) electrons. The fourth-order valence-electron chi connectivity index (χ4n) is 3.53. The lowest BCUT2D eigenvalue weighted by molar-refractivity contribution is -0.126. The van der Waals surface area contributed by atoms with Gasteiger partial charge in [-0.3, -0.25) is 4.79 Å². The quantitative estimate of drug-likeness (QED) is 0.753. The first-order valence-corrected chi connectivity index (χ1v) is 9.28. The van der Waals surface area contributed by atoms with Crippen LogP contribution in [-0.2, 0) is 17.6 Å². The summed E-state index contributed by atoms with van der Waals surface area (Å²) in [5.41, 5.74) is 2.25. The van der Waals surface area contributed by atoms with Crippen LogP contribution in [0.1, 0.15) is 11.1 Å². The first kappa shape index (κ1) is 17.4. The molecular formula is C23H23NO3. The van der Waals surface area contributed by atoms with Crippen LogP contribution >= 0.6 is 0 Å². The van der Waals surface area contributed by atoms with Crippen LogP contribution in [0.5, 0.6) is 11.5 Å². The summed E-state index contributed by atoms with van der Waals surface area (Å²) in [6, 6.07) is 20.5. The van der Waals surface area contributed by atoms with E-state index < -0.39 is 0 Å². The first-order valence-electron chi connectivity index (χ1n) is 9.28. The normalized spacial score (nSPS) is 15.7. The van der Waals surface area contributed by atoms with E-state index in [9.17, 15) is 4.79 Å². The van der Waals surface area contributed by atoms with Crippen molar-refractivity contribution in [3.63, 3.8) is 0 Å². The van der Waals surface area contributed by atoms with Gasteiger partial charge in [0.05, 0.1) is 13.0 Å². The predicted molar refractivity (Wildman–Crippen MR) is 106 cm³/mol. The van der Waals surface area contributed by atoms with E-state index >= 15 is 0 Å². The number of amides is 1. The van der Waals surface area contributed by atoms with E-state index in [1.54, 1.807) is 7.11 Å². The molecule has 0 saturated carbocycles. The van der Waals surface area contributed by atoms with Crippen molar-refractivity contribution in [2.75, 3.05) is 20.3 Å². The molecule has 0 saturated heterocycles. The number of ether oxygens (including phenoxy) is 2. The molecule has 1 heterocycles. The van der Waals surface area contributed by atoms with Crippen LogP contribution in [0.4, 0.5) is 0 Å². The van der Waals surface area contributed by atoms with Crippen LogP contribution in [-0.4, -0.2) is 26.2 Å². The molecule has 1 atom stereocenters. The number of carbonyl (C=O) groups is 1. The highest BCUT2D eigenvalue weighted by atomic mass is 16.5. The van der Waals surface area contributed by atoms with Crippen molar-refractivity contribution < 1.29 is 14.3 Å². The highest BCUT2D eigenvalue weighted by Gasteiger charge is 2.26. The Hall–Kier alpha value is -3.01. The predicted octanol–water partition coefficient (Wildman–Crippen LogP) is 3.76. The third-order valence-corrected chi connectivity index (χ3v) is 5.07. The summed E-state index contributed by atoms with van der Waals surface area (Å²) in [5.74, 6) is 1.51. The maximum atomic E-state index is 12.5. The van der Waals surface area contributed by atoms with Crippen molar-refractivity contribution in [3.8, 4) is 11.5 Å². The second-order valence-electron chi connectivity index (χ2n) is 6.91. The van der Waals surface area contributed by atoms with Crippen molar-refractivity contribution in [3.05, 3.63) is 71.8 Å². The van der Waals surface area contributed by atoms with E-state index in [1.807, 2.05) is 30.3 Å². The largest absolute Gasteiger partial charge is 0.497 e. The summed E-state index contributed by atoms with van der Waals surface area (Å²) < 4.78 is 11.0. The topological polar surface area (TPSA) is 47.6 Å². The van der Waals surface area contributed by atoms with Gasteiger partial charge in [-0.05, 0) is 52.9 Å². The van der Waals surface area contributed by atoms with E-state index in [4.69, 9.17) is 9.47 Å². The van der Waals surface area contributed by atoms with Crippen molar-refractivity contribution in [2.24, 2.45) is 5.92 Å². The Labute approximate surface area is 159 Å². The summed E-state index contributed by atoms with van der Waals surface area (Å²) >= 11 is 0. The van der Waals surface area contributed by atoms with Gasteiger partial charge < -0.3 is 14.8 Å². The summed E-state index contributed by atoms with van der Waals surface area (Å²) in [5, 5.41) is 5.52. The SMILES string of the molecule is COc1ccc2c(c1)CC(C(=O)NCCc1ccc3ccccc3c1)CO2. The maximum Gasteiger partial charge on any atom is 0.226 e. The molecule has 3 aromatic carbocycles. The lowest BCUT2D eigenvalue weighted by Crippen LogP contribution is -2.38. The van der Waals surface area contributed by atoms with Crippen LogP contribution < -0.4 is 14.8 Å². The van der Waals surface area contributed by atoms with Gasteiger partial charge in [-0.15, -0.1) is 0 Å². The zero-order valence-electron chi connectivity index (χ0n) is 15.4. The van der Waals surface area contributed by atoms with Crippen LogP contribution in [0.15, 0.2) is 60.7 Å². The summed E-state index contributed by atoms with van der Waals surface area (Å²) in [6.45, 7) is 1.04. The van der Waals surface area contributed by atoms with E-state index in [-0.39, 0.29) is 11.8 Å². The summed E-state index contributed by atoms with van der Waals surface area (Å²) in [4.78, 5) is 12.5. The molecule has 1 amide bonds. The molecule has 1 unspecified atom stereocenters. The number of rotatable bonds is 5. The third-order valence-electron chi connectivity index (χ3n) is 5.07. The molecule has 0 spiro atoms. The first-order chi connectivity index (χ1) is 13.2. The number of fused-ring (bicyclic) bond motifs is 2. The van der Waals surface area contributed by atoms with Crippen LogP contribution in [0.25, 0.3) is 10.8 Å². The number of nitrogens with one attached hydrogen (secondary N) is 1. The average Bonchev–Trinajstić information content (AvgIpc) is 2.72. The fourth-order valence-corrected chi connectivity index (χ4v) is 3.53. The van der Waals surface area contributed by atoms with Crippen molar-refractivity contribution in [2.45, 2.75) is 12.8 Å². The molecule has 0 aromatic heterocycles. The van der Waals surface area contributed by atoms with Gasteiger partial charge in [0.25, 0.3) is 0 Å².